The molecule has 0 bridgehead atoms. The summed E-state index contributed by atoms with van der Waals surface area (Å²) in [5.74, 6) is 0.981. The van der Waals surface area contributed by atoms with Crippen molar-refractivity contribution in [3.63, 3.8) is 0 Å². The third-order valence-corrected chi connectivity index (χ3v) is 15.5. The second-order valence-corrected chi connectivity index (χ2v) is 20.0. The molecule has 0 saturated carbocycles. The van der Waals surface area contributed by atoms with E-state index in [2.05, 4.69) is 181 Å². The van der Waals surface area contributed by atoms with Gasteiger partial charge in [-0.15, -0.1) is 0 Å². The Bertz CT molecular complexity index is 3400. The summed E-state index contributed by atoms with van der Waals surface area (Å²) in [4.78, 5) is 4.71. The number of rotatable bonds is 6. The van der Waals surface area contributed by atoms with Crippen LogP contribution in [0.15, 0.2) is 195 Å². The van der Waals surface area contributed by atoms with E-state index in [1.807, 2.05) is 24.3 Å². The number of nitrogens with zero attached hydrogens (tertiary/aromatic N) is 2. The normalized spacial score (nSPS) is 13.1. The van der Waals surface area contributed by atoms with E-state index in [4.69, 9.17) is 13.3 Å². The molecule has 0 N–H and O–H groups in total. The molecule has 12 rings (SSSR count). The fourth-order valence-electron chi connectivity index (χ4n) is 9.47. The molecule has 0 unspecified atom stereocenters. The predicted octanol–water partition coefficient (Wildman–Crippen LogP) is 14.0. The summed E-state index contributed by atoms with van der Waals surface area (Å²) in [6.07, 6.45) is 0. The van der Waals surface area contributed by atoms with Crippen molar-refractivity contribution in [3.05, 3.63) is 182 Å². The molecule has 3 aromatic heterocycles. The molecule has 0 aliphatic carbocycles. The average molecular weight is 765 g/mol. The van der Waals surface area contributed by atoms with Crippen LogP contribution in [0.5, 0.6) is 0 Å². The van der Waals surface area contributed by atoms with E-state index in [1.165, 1.54) is 21.3 Å². The van der Waals surface area contributed by atoms with Crippen LogP contribution < -0.4 is 20.2 Å². The largest absolute Gasteiger partial charge is 0.456 e. The molecular weight excluding hydrogens is 729 g/mol. The molecule has 0 atom stereocenters. The lowest BCUT2D eigenvalue weighted by Gasteiger charge is -2.27. The zero-order valence-electron chi connectivity index (χ0n) is 31.9. The molecule has 58 heavy (non-hydrogen) atoms. The van der Waals surface area contributed by atoms with Gasteiger partial charge in [-0.3, -0.25) is 0 Å². The maximum atomic E-state index is 6.96. The van der Waals surface area contributed by atoms with Crippen molar-refractivity contribution in [2.45, 2.75) is 13.1 Å². The smallest absolute Gasteiger partial charge is 0.137 e. The zero-order valence-corrected chi connectivity index (χ0v) is 32.9. The van der Waals surface area contributed by atoms with Gasteiger partial charge in [0.15, 0.2) is 0 Å². The number of hydrogen-bond acceptors (Lipinski definition) is 5. The van der Waals surface area contributed by atoms with Crippen LogP contribution in [0.25, 0.3) is 66.2 Å². The van der Waals surface area contributed by atoms with Crippen molar-refractivity contribution < 1.29 is 13.3 Å². The van der Waals surface area contributed by atoms with E-state index in [1.54, 1.807) is 0 Å². The van der Waals surface area contributed by atoms with Crippen LogP contribution in [-0.4, -0.2) is 8.07 Å². The van der Waals surface area contributed by atoms with Crippen molar-refractivity contribution in [3.8, 4) is 11.3 Å². The molecule has 6 heteroatoms. The van der Waals surface area contributed by atoms with Gasteiger partial charge in [0.2, 0.25) is 0 Å². The van der Waals surface area contributed by atoms with Gasteiger partial charge in [-0.25, -0.2) is 0 Å². The minimum Gasteiger partial charge on any atom is -0.456 e. The van der Waals surface area contributed by atoms with Crippen LogP contribution in [-0.2, 0) is 0 Å². The van der Waals surface area contributed by atoms with Crippen molar-refractivity contribution in [1.82, 2.24) is 0 Å². The molecule has 1 aliphatic rings. The van der Waals surface area contributed by atoms with E-state index in [0.717, 1.165) is 89.3 Å². The summed E-state index contributed by atoms with van der Waals surface area (Å²) in [6.45, 7) is 4.92. The first kappa shape index (κ1) is 32.9. The number of fused-ring (bicyclic) bond motifs is 11. The summed E-state index contributed by atoms with van der Waals surface area (Å²) in [5.41, 5.74) is 12.0. The van der Waals surface area contributed by atoms with Gasteiger partial charge >= 0.3 is 0 Å². The quantitative estimate of drug-likeness (QED) is 0.158. The van der Waals surface area contributed by atoms with Crippen LogP contribution in [0.4, 0.5) is 34.1 Å². The minimum absolute atomic E-state index is 0.867. The number of para-hydroxylation sites is 4. The van der Waals surface area contributed by atoms with Crippen LogP contribution in [0.1, 0.15) is 0 Å². The molecular formula is C52H36N2O3Si. The maximum Gasteiger partial charge on any atom is 0.137 e. The molecule has 276 valence electrons. The Balaban J connectivity index is 1.04. The third-order valence-electron chi connectivity index (χ3n) is 12.0. The topological polar surface area (TPSA) is 45.9 Å². The Morgan fingerprint density at radius 2 is 0.862 bits per heavy atom. The molecule has 4 heterocycles. The van der Waals surface area contributed by atoms with Gasteiger partial charge in [-0.05, 0) is 101 Å². The molecule has 0 amide bonds. The molecule has 5 nitrogen and oxygen atoms in total. The molecule has 11 aromatic rings. The maximum absolute atomic E-state index is 6.96. The lowest BCUT2D eigenvalue weighted by Crippen LogP contribution is -2.49. The summed E-state index contributed by atoms with van der Waals surface area (Å²) in [6, 6.07) is 64.2. The first-order valence-corrected chi connectivity index (χ1v) is 22.8. The van der Waals surface area contributed by atoms with Gasteiger partial charge in [0.25, 0.3) is 0 Å². The lowest BCUT2D eigenvalue weighted by molar-refractivity contribution is 0.635. The fraction of sp³-hybridized carbons (Fsp3) is 0.0385. The second kappa shape index (κ2) is 12.4. The summed E-state index contributed by atoms with van der Waals surface area (Å²) < 4.78 is 19.7. The number of anilines is 6. The van der Waals surface area contributed by atoms with Gasteiger partial charge in [-0.1, -0.05) is 104 Å². The van der Waals surface area contributed by atoms with Crippen molar-refractivity contribution >= 4 is 107 Å². The minimum atomic E-state index is -2.23. The van der Waals surface area contributed by atoms with Crippen LogP contribution in [0, 0.1) is 0 Å². The standard InChI is InChI=1S/C52H36N2O3Si/c1-58(2)48-30-28-36(54(34-17-7-4-8-18-34)42-22-14-26-47-50(42)38-20-10-12-24-44(38)56-47)32-40(48)51-52(58)39-31-35(27-29-45(39)57-51)53(33-15-5-3-6-16-33)41-21-13-25-46-49(41)37-19-9-11-23-43(37)55-46/h3-32H,1-2H3. The van der Waals surface area contributed by atoms with Gasteiger partial charge in [0, 0.05) is 44.5 Å². The number of benzene rings is 8. The van der Waals surface area contributed by atoms with Crippen molar-refractivity contribution in [2.75, 3.05) is 9.80 Å². The van der Waals surface area contributed by atoms with Crippen molar-refractivity contribution in [1.29, 1.82) is 0 Å². The van der Waals surface area contributed by atoms with Gasteiger partial charge < -0.3 is 23.1 Å². The van der Waals surface area contributed by atoms with E-state index in [0.29, 0.717) is 0 Å². The molecule has 0 radical (unpaired) electrons. The summed E-state index contributed by atoms with van der Waals surface area (Å²) in [5, 5.41) is 8.27. The molecule has 1 aliphatic heterocycles. The van der Waals surface area contributed by atoms with Gasteiger partial charge in [0.1, 0.15) is 41.7 Å². The Labute approximate surface area is 335 Å². The number of hydrogen-bond donors (Lipinski definition) is 0. The highest BCUT2D eigenvalue weighted by molar-refractivity contribution is 7.05. The Morgan fingerprint density at radius 3 is 1.45 bits per heavy atom. The first-order chi connectivity index (χ1) is 28.5. The Morgan fingerprint density at radius 1 is 0.379 bits per heavy atom. The van der Waals surface area contributed by atoms with Gasteiger partial charge in [-0.2, -0.15) is 0 Å². The highest BCUT2D eigenvalue weighted by atomic mass is 28.3. The lowest BCUT2D eigenvalue weighted by atomic mass is 10.1. The van der Waals surface area contributed by atoms with Crippen molar-refractivity contribution in [2.24, 2.45) is 0 Å². The van der Waals surface area contributed by atoms with E-state index < -0.39 is 8.07 Å². The van der Waals surface area contributed by atoms with Crippen LogP contribution in [0.2, 0.25) is 13.1 Å². The molecule has 0 fully saturated rings. The average Bonchev–Trinajstić information content (AvgIpc) is 4.01. The fourth-order valence-corrected chi connectivity index (χ4v) is 12.7. The molecule has 8 aromatic carbocycles. The van der Waals surface area contributed by atoms with E-state index in [-0.39, 0.29) is 0 Å². The van der Waals surface area contributed by atoms with Crippen LogP contribution >= 0.6 is 0 Å². The highest BCUT2D eigenvalue weighted by Gasteiger charge is 2.42. The third kappa shape index (κ3) is 4.76. The molecule has 0 spiro atoms. The van der Waals surface area contributed by atoms with E-state index >= 15 is 0 Å². The first-order valence-electron chi connectivity index (χ1n) is 19.8. The van der Waals surface area contributed by atoms with E-state index in [9.17, 15) is 0 Å². The second-order valence-electron chi connectivity index (χ2n) is 15.7. The molecule has 0 saturated heterocycles. The SMILES string of the molecule is C[Si]1(C)c2ccc(N(c3ccccc3)c3cccc4oc5ccccc5c34)cc2-c2oc3ccc(N(c4ccccc4)c4cccc5oc6ccccc6c45)cc3c21. The monoisotopic (exact) mass is 764 g/mol. The number of furan rings is 3. The summed E-state index contributed by atoms with van der Waals surface area (Å²) in [7, 11) is -2.23. The Kier molecular flexibility index (Phi) is 7.01. The Hall–Kier alpha value is -7.28. The predicted molar refractivity (Wildman–Crippen MR) is 242 cm³/mol. The summed E-state index contributed by atoms with van der Waals surface area (Å²) >= 11 is 0. The van der Waals surface area contributed by atoms with Crippen LogP contribution in [0.3, 0.4) is 0 Å². The highest BCUT2D eigenvalue weighted by Crippen LogP contribution is 2.47. The van der Waals surface area contributed by atoms with Gasteiger partial charge in [0.05, 0.1) is 22.1 Å². The zero-order chi connectivity index (χ0) is 38.5.